The highest BCUT2D eigenvalue weighted by Gasteiger charge is 2.25. The molecule has 1 heterocycles. The number of benzene rings is 1. The van der Waals surface area contributed by atoms with Crippen molar-refractivity contribution in [2.75, 3.05) is 6.54 Å². The fourth-order valence-corrected chi connectivity index (χ4v) is 2.57. The first-order valence-corrected chi connectivity index (χ1v) is 6.47. The fourth-order valence-electron chi connectivity index (χ4n) is 2.57. The monoisotopic (exact) mass is 231 g/mol. The zero-order valence-corrected chi connectivity index (χ0v) is 10.8. The van der Waals surface area contributed by atoms with Crippen molar-refractivity contribution in [3.63, 3.8) is 0 Å². The van der Waals surface area contributed by atoms with Crippen LogP contribution in [0.5, 0.6) is 0 Å². The summed E-state index contributed by atoms with van der Waals surface area (Å²) in [4.78, 5) is 13.9. The summed E-state index contributed by atoms with van der Waals surface area (Å²) in [5.41, 5.74) is 2.60. The summed E-state index contributed by atoms with van der Waals surface area (Å²) in [6.07, 6.45) is 3.44. The number of rotatable bonds is 3. The normalized spacial score (nSPS) is 21.4. The fraction of sp³-hybridized carbons (Fsp3) is 0.533. The number of aryl methyl sites for hydroxylation is 1. The van der Waals surface area contributed by atoms with Gasteiger partial charge in [0.25, 0.3) is 0 Å². The van der Waals surface area contributed by atoms with E-state index >= 15 is 0 Å². The Balaban J connectivity index is 2.05. The van der Waals surface area contributed by atoms with E-state index in [9.17, 15) is 4.79 Å². The van der Waals surface area contributed by atoms with E-state index in [1.807, 2.05) is 0 Å². The van der Waals surface area contributed by atoms with Gasteiger partial charge in [0.05, 0.1) is 6.04 Å². The molecule has 1 aliphatic heterocycles. The van der Waals surface area contributed by atoms with Crippen LogP contribution in [0.15, 0.2) is 24.3 Å². The molecule has 1 saturated heterocycles. The first-order valence-electron chi connectivity index (χ1n) is 6.47. The molecular weight excluding hydrogens is 210 g/mol. The first-order chi connectivity index (χ1) is 8.16. The molecule has 1 unspecified atom stereocenters. The summed E-state index contributed by atoms with van der Waals surface area (Å²) < 4.78 is 0. The van der Waals surface area contributed by atoms with Gasteiger partial charge in [0.1, 0.15) is 5.78 Å². The molecule has 0 aliphatic carbocycles. The van der Waals surface area contributed by atoms with Crippen LogP contribution in [0.2, 0.25) is 0 Å². The lowest BCUT2D eigenvalue weighted by atomic mass is 9.98. The zero-order valence-electron chi connectivity index (χ0n) is 10.8. The van der Waals surface area contributed by atoms with Crippen LogP contribution >= 0.6 is 0 Å². The van der Waals surface area contributed by atoms with Gasteiger partial charge in [-0.15, -0.1) is 0 Å². The van der Waals surface area contributed by atoms with Gasteiger partial charge in [0.15, 0.2) is 0 Å². The maximum atomic E-state index is 11.6. The molecule has 2 rings (SSSR count). The van der Waals surface area contributed by atoms with Crippen LogP contribution in [-0.4, -0.2) is 23.3 Å². The number of hydrogen-bond donors (Lipinski definition) is 0. The first kappa shape index (κ1) is 12.3. The minimum absolute atomic E-state index is 0.144. The molecule has 1 atom stereocenters. The Morgan fingerprint density at radius 1 is 1.29 bits per heavy atom. The van der Waals surface area contributed by atoms with Crippen LogP contribution in [0, 0.1) is 6.92 Å². The van der Waals surface area contributed by atoms with E-state index in [-0.39, 0.29) is 6.04 Å². The molecule has 1 aromatic rings. The van der Waals surface area contributed by atoms with Gasteiger partial charge in [0, 0.05) is 6.54 Å². The third kappa shape index (κ3) is 3.16. The number of nitrogens with zero attached hydrogens (tertiary/aromatic N) is 1. The Morgan fingerprint density at radius 2 is 2.00 bits per heavy atom. The third-order valence-corrected chi connectivity index (χ3v) is 3.59. The summed E-state index contributed by atoms with van der Waals surface area (Å²) in [7, 11) is 0. The predicted octanol–water partition coefficient (Wildman–Crippen LogP) is 2.94. The van der Waals surface area contributed by atoms with Crippen molar-refractivity contribution < 1.29 is 4.79 Å². The molecule has 0 saturated carbocycles. The van der Waals surface area contributed by atoms with Crippen molar-refractivity contribution in [1.82, 2.24) is 4.90 Å². The second-order valence-corrected chi connectivity index (χ2v) is 5.08. The molecule has 0 aromatic heterocycles. The Hall–Kier alpha value is -1.15. The molecule has 2 heteroatoms. The van der Waals surface area contributed by atoms with Crippen LogP contribution in [-0.2, 0) is 11.3 Å². The molecule has 1 aromatic carbocycles. The SMILES string of the molecule is CC(=O)C1CCCCN1Cc1ccc(C)cc1. The number of hydrogen-bond acceptors (Lipinski definition) is 2. The average Bonchev–Trinajstić information content (AvgIpc) is 2.32. The van der Waals surface area contributed by atoms with Crippen LogP contribution in [0.1, 0.15) is 37.3 Å². The van der Waals surface area contributed by atoms with Gasteiger partial charge >= 0.3 is 0 Å². The number of likely N-dealkylation sites (tertiary alicyclic amines) is 1. The topological polar surface area (TPSA) is 20.3 Å². The van der Waals surface area contributed by atoms with Gasteiger partial charge in [-0.3, -0.25) is 9.69 Å². The summed E-state index contributed by atoms with van der Waals surface area (Å²) in [6, 6.07) is 8.76. The Kier molecular flexibility index (Phi) is 3.95. The summed E-state index contributed by atoms with van der Waals surface area (Å²) in [6.45, 7) is 5.78. The van der Waals surface area contributed by atoms with E-state index in [4.69, 9.17) is 0 Å². The smallest absolute Gasteiger partial charge is 0.146 e. The predicted molar refractivity (Wildman–Crippen MR) is 69.9 cm³/mol. The lowest BCUT2D eigenvalue weighted by Crippen LogP contribution is -2.43. The highest BCUT2D eigenvalue weighted by molar-refractivity contribution is 5.81. The van der Waals surface area contributed by atoms with Crippen molar-refractivity contribution in [1.29, 1.82) is 0 Å². The molecule has 0 spiro atoms. The number of Topliss-reactive ketones (excluding diaryl/α,β-unsaturated/α-hetero) is 1. The standard InChI is InChI=1S/C15H21NO/c1-12-6-8-14(9-7-12)11-16-10-4-3-5-15(16)13(2)17/h6-9,15H,3-5,10-11H2,1-2H3. The molecular formula is C15H21NO. The van der Waals surface area contributed by atoms with Gasteiger partial charge in [-0.05, 0) is 38.8 Å². The minimum Gasteiger partial charge on any atom is -0.298 e. The van der Waals surface area contributed by atoms with Crippen molar-refractivity contribution in [3.05, 3.63) is 35.4 Å². The molecule has 1 fully saturated rings. The highest BCUT2D eigenvalue weighted by atomic mass is 16.1. The largest absolute Gasteiger partial charge is 0.298 e. The van der Waals surface area contributed by atoms with E-state index in [1.165, 1.54) is 24.0 Å². The van der Waals surface area contributed by atoms with Crippen molar-refractivity contribution in [3.8, 4) is 0 Å². The van der Waals surface area contributed by atoms with E-state index in [1.54, 1.807) is 6.92 Å². The van der Waals surface area contributed by atoms with Gasteiger partial charge in [-0.1, -0.05) is 36.2 Å². The second kappa shape index (κ2) is 5.46. The molecule has 0 N–H and O–H groups in total. The van der Waals surface area contributed by atoms with E-state index in [0.717, 1.165) is 19.5 Å². The van der Waals surface area contributed by atoms with Crippen molar-refractivity contribution in [2.45, 2.75) is 45.7 Å². The maximum Gasteiger partial charge on any atom is 0.146 e. The number of carbonyl (C=O) groups excluding carboxylic acids is 1. The molecule has 0 bridgehead atoms. The van der Waals surface area contributed by atoms with Gasteiger partial charge in [0.2, 0.25) is 0 Å². The van der Waals surface area contributed by atoms with Crippen LogP contribution < -0.4 is 0 Å². The maximum absolute atomic E-state index is 11.6. The lowest BCUT2D eigenvalue weighted by molar-refractivity contribution is -0.123. The molecule has 92 valence electrons. The summed E-state index contributed by atoms with van der Waals surface area (Å²) in [5.74, 6) is 0.316. The van der Waals surface area contributed by atoms with Gasteiger partial charge < -0.3 is 0 Å². The lowest BCUT2D eigenvalue weighted by Gasteiger charge is -2.34. The Bertz CT molecular complexity index is 382. The van der Waals surface area contributed by atoms with Gasteiger partial charge in [-0.25, -0.2) is 0 Å². The Labute approximate surface area is 104 Å². The molecule has 1 aliphatic rings. The van der Waals surface area contributed by atoms with E-state index in [2.05, 4.69) is 36.1 Å². The summed E-state index contributed by atoms with van der Waals surface area (Å²) >= 11 is 0. The van der Waals surface area contributed by atoms with Crippen molar-refractivity contribution in [2.24, 2.45) is 0 Å². The average molecular weight is 231 g/mol. The number of piperidine rings is 1. The number of carbonyl (C=O) groups is 1. The van der Waals surface area contributed by atoms with E-state index < -0.39 is 0 Å². The second-order valence-electron chi connectivity index (χ2n) is 5.08. The number of ketones is 1. The third-order valence-electron chi connectivity index (χ3n) is 3.59. The molecule has 17 heavy (non-hydrogen) atoms. The van der Waals surface area contributed by atoms with Crippen molar-refractivity contribution >= 4 is 5.78 Å². The quantitative estimate of drug-likeness (QED) is 0.797. The summed E-state index contributed by atoms with van der Waals surface area (Å²) in [5, 5.41) is 0. The molecule has 0 radical (unpaired) electrons. The van der Waals surface area contributed by atoms with Crippen LogP contribution in [0.4, 0.5) is 0 Å². The van der Waals surface area contributed by atoms with Crippen LogP contribution in [0.3, 0.4) is 0 Å². The molecule has 0 amide bonds. The van der Waals surface area contributed by atoms with Crippen LogP contribution in [0.25, 0.3) is 0 Å². The minimum atomic E-state index is 0.144. The Morgan fingerprint density at radius 3 is 2.65 bits per heavy atom. The highest BCUT2D eigenvalue weighted by Crippen LogP contribution is 2.20. The van der Waals surface area contributed by atoms with Gasteiger partial charge in [-0.2, -0.15) is 0 Å². The molecule has 2 nitrogen and oxygen atoms in total. The van der Waals surface area contributed by atoms with E-state index in [0.29, 0.717) is 5.78 Å². The zero-order chi connectivity index (χ0) is 12.3.